The first kappa shape index (κ1) is 9.96. The van der Waals surface area contributed by atoms with Crippen LogP contribution in [0, 0.1) is 0 Å². The minimum absolute atomic E-state index is 0.355. The Labute approximate surface area is 74.4 Å². The number of ether oxygens (including phenoxy) is 2. The maximum Gasteiger partial charge on any atom is 0.105 e. The van der Waals surface area contributed by atoms with E-state index in [1.807, 2.05) is 0 Å². The van der Waals surface area contributed by atoms with Gasteiger partial charge in [-0.25, -0.2) is 0 Å². The summed E-state index contributed by atoms with van der Waals surface area (Å²) in [4.78, 5) is 0. The van der Waals surface area contributed by atoms with Crippen molar-refractivity contribution in [3.05, 3.63) is 0 Å². The Morgan fingerprint density at radius 2 is 2.25 bits per heavy atom. The molecule has 1 aliphatic rings. The van der Waals surface area contributed by atoms with Crippen LogP contribution in [-0.2, 0) is 9.47 Å². The predicted octanol–water partition coefficient (Wildman–Crippen LogP) is 0.790. The fourth-order valence-electron chi connectivity index (χ4n) is 1.16. The van der Waals surface area contributed by atoms with Crippen molar-refractivity contribution in [2.45, 2.75) is 32.5 Å². The van der Waals surface area contributed by atoms with Gasteiger partial charge in [-0.3, -0.25) is 0 Å². The molecule has 1 fully saturated rings. The van der Waals surface area contributed by atoms with Gasteiger partial charge in [-0.1, -0.05) is 13.8 Å². The molecule has 0 aromatic heterocycles. The minimum atomic E-state index is 0.355. The van der Waals surface area contributed by atoms with Crippen LogP contribution in [0.1, 0.15) is 20.3 Å². The van der Waals surface area contributed by atoms with Gasteiger partial charge in [-0.2, -0.15) is 0 Å². The second kappa shape index (κ2) is 5.51. The summed E-state index contributed by atoms with van der Waals surface area (Å²) in [7, 11) is 0. The quantitative estimate of drug-likeness (QED) is 0.644. The van der Waals surface area contributed by atoms with E-state index in [4.69, 9.17) is 9.47 Å². The van der Waals surface area contributed by atoms with Crippen LogP contribution in [0.3, 0.4) is 0 Å². The van der Waals surface area contributed by atoms with Crippen LogP contribution >= 0.6 is 0 Å². The van der Waals surface area contributed by atoms with Gasteiger partial charge in [0.25, 0.3) is 0 Å². The van der Waals surface area contributed by atoms with Crippen LogP contribution in [0.4, 0.5) is 0 Å². The molecule has 0 saturated carbocycles. The van der Waals surface area contributed by atoms with E-state index in [0.29, 0.717) is 12.2 Å². The predicted molar refractivity (Wildman–Crippen MR) is 48.3 cm³/mol. The van der Waals surface area contributed by atoms with Gasteiger partial charge < -0.3 is 14.8 Å². The van der Waals surface area contributed by atoms with Crippen molar-refractivity contribution in [1.29, 1.82) is 0 Å². The first-order valence-electron chi connectivity index (χ1n) is 4.80. The molecule has 1 atom stereocenters. The second-order valence-electron chi connectivity index (χ2n) is 3.13. The minimum Gasteiger partial charge on any atom is -0.376 e. The van der Waals surface area contributed by atoms with Crippen LogP contribution in [0.2, 0.25) is 0 Å². The van der Waals surface area contributed by atoms with Crippen LogP contribution in [0.15, 0.2) is 0 Å². The first-order valence-corrected chi connectivity index (χ1v) is 4.80. The van der Waals surface area contributed by atoms with Crippen LogP contribution in [0.5, 0.6) is 0 Å². The molecular weight excluding hydrogens is 154 g/mol. The van der Waals surface area contributed by atoms with E-state index in [1.54, 1.807) is 0 Å². The average Bonchev–Trinajstić information content (AvgIpc) is 2.02. The van der Waals surface area contributed by atoms with Crippen LogP contribution < -0.4 is 5.32 Å². The smallest absolute Gasteiger partial charge is 0.105 e. The Balaban J connectivity index is 2.06. The summed E-state index contributed by atoms with van der Waals surface area (Å²) in [6.45, 7) is 7.80. The summed E-state index contributed by atoms with van der Waals surface area (Å²) in [6, 6.07) is 0. The molecule has 0 radical (unpaired) electrons. The van der Waals surface area contributed by atoms with Gasteiger partial charge in [0.05, 0.1) is 19.3 Å². The number of nitrogens with one attached hydrogen (secondary N) is 1. The first-order chi connectivity index (χ1) is 5.86. The monoisotopic (exact) mass is 173 g/mol. The van der Waals surface area contributed by atoms with E-state index >= 15 is 0 Å². The van der Waals surface area contributed by atoms with Crippen LogP contribution in [0.25, 0.3) is 0 Å². The Morgan fingerprint density at radius 1 is 1.50 bits per heavy atom. The van der Waals surface area contributed by atoms with E-state index in [-0.39, 0.29) is 0 Å². The molecule has 1 aliphatic heterocycles. The van der Waals surface area contributed by atoms with E-state index in [0.717, 1.165) is 32.7 Å². The molecule has 0 spiro atoms. The molecule has 72 valence electrons. The molecule has 0 aromatic carbocycles. The van der Waals surface area contributed by atoms with E-state index in [1.165, 1.54) is 0 Å². The summed E-state index contributed by atoms with van der Waals surface area (Å²) in [5, 5.41) is 3.29. The summed E-state index contributed by atoms with van der Waals surface area (Å²) in [6.07, 6.45) is 1.79. The van der Waals surface area contributed by atoms with Crippen molar-refractivity contribution in [3.63, 3.8) is 0 Å². The number of hydrogen-bond acceptors (Lipinski definition) is 3. The highest BCUT2D eigenvalue weighted by atomic mass is 16.6. The van der Waals surface area contributed by atoms with Crippen molar-refractivity contribution in [3.8, 4) is 0 Å². The van der Waals surface area contributed by atoms with Crippen LogP contribution in [-0.4, -0.2) is 38.5 Å². The Hall–Kier alpha value is -0.120. The maximum absolute atomic E-state index is 5.75. The Kier molecular flexibility index (Phi) is 4.58. The molecular formula is C9H19NO2. The molecule has 0 aromatic rings. The Bertz CT molecular complexity index is 115. The van der Waals surface area contributed by atoms with Crippen molar-refractivity contribution in [1.82, 2.24) is 5.32 Å². The molecule has 12 heavy (non-hydrogen) atoms. The highest BCUT2D eigenvalue weighted by molar-refractivity contribution is 4.69. The SMILES string of the molecule is CCNCC(CC)OC1COC1. The zero-order valence-corrected chi connectivity index (χ0v) is 8.01. The maximum atomic E-state index is 5.75. The molecule has 3 nitrogen and oxygen atoms in total. The molecule has 0 amide bonds. The van der Waals surface area contributed by atoms with Crippen molar-refractivity contribution in [2.75, 3.05) is 26.3 Å². The number of rotatable bonds is 6. The lowest BCUT2D eigenvalue weighted by Crippen LogP contribution is -2.41. The highest BCUT2D eigenvalue weighted by Crippen LogP contribution is 2.09. The average molecular weight is 173 g/mol. The van der Waals surface area contributed by atoms with E-state index < -0.39 is 0 Å². The lowest BCUT2D eigenvalue weighted by molar-refractivity contribution is -0.153. The standard InChI is InChI=1S/C9H19NO2/c1-3-8(5-10-4-2)12-9-6-11-7-9/h8-10H,3-7H2,1-2H3. The molecule has 0 bridgehead atoms. The summed E-state index contributed by atoms with van der Waals surface area (Å²) in [5.74, 6) is 0. The topological polar surface area (TPSA) is 30.5 Å². The summed E-state index contributed by atoms with van der Waals surface area (Å²) < 4.78 is 10.8. The van der Waals surface area contributed by atoms with Gasteiger partial charge in [-0.15, -0.1) is 0 Å². The normalized spacial score (nSPS) is 20.5. The third kappa shape index (κ3) is 3.09. The number of likely N-dealkylation sites (N-methyl/N-ethyl adjacent to an activating group) is 1. The third-order valence-corrected chi connectivity index (χ3v) is 2.07. The lowest BCUT2D eigenvalue weighted by atomic mass is 10.2. The van der Waals surface area contributed by atoms with Gasteiger partial charge in [0.15, 0.2) is 0 Å². The molecule has 3 heteroatoms. The van der Waals surface area contributed by atoms with Gasteiger partial charge in [0.2, 0.25) is 0 Å². The second-order valence-corrected chi connectivity index (χ2v) is 3.13. The summed E-state index contributed by atoms with van der Waals surface area (Å²) >= 11 is 0. The molecule has 0 aliphatic carbocycles. The van der Waals surface area contributed by atoms with E-state index in [9.17, 15) is 0 Å². The van der Waals surface area contributed by atoms with Gasteiger partial charge in [0.1, 0.15) is 6.10 Å². The number of hydrogen-bond donors (Lipinski definition) is 1. The molecule has 1 unspecified atom stereocenters. The molecule has 1 N–H and O–H groups in total. The highest BCUT2D eigenvalue weighted by Gasteiger charge is 2.22. The molecule has 1 rings (SSSR count). The van der Waals surface area contributed by atoms with Crippen molar-refractivity contribution in [2.24, 2.45) is 0 Å². The lowest BCUT2D eigenvalue weighted by Gasteiger charge is -2.30. The van der Waals surface area contributed by atoms with E-state index in [2.05, 4.69) is 19.2 Å². The third-order valence-electron chi connectivity index (χ3n) is 2.07. The summed E-state index contributed by atoms with van der Waals surface area (Å²) in [5.41, 5.74) is 0. The van der Waals surface area contributed by atoms with Crippen molar-refractivity contribution < 1.29 is 9.47 Å². The largest absolute Gasteiger partial charge is 0.376 e. The fourth-order valence-corrected chi connectivity index (χ4v) is 1.16. The molecule has 1 heterocycles. The zero-order valence-electron chi connectivity index (χ0n) is 8.01. The Morgan fingerprint density at radius 3 is 2.67 bits per heavy atom. The fraction of sp³-hybridized carbons (Fsp3) is 1.00. The van der Waals surface area contributed by atoms with Gasteiger partial charge >= 0.3 is 0 Å². The van der Waals surface area contributed by atoms with Gasteiger partial charge in [-0.05, 0) is 13.0 Å². The van der Waals surface area contributed by atoms with Crippen molar-refractivity contribution >= 4 is 0 Å². The molecule has 1 saturated heterocycles. The van der Waals surface area contributed by atoms with Gasteiger partial charge in [0, 0.05) is 6.54 Å². The zero-order chi connectivity index (χ0) is 8.81.